The Morgan fingerprint density at radius 3 is 2.62 bits per heavy atom. The van der Waals surface area contributed by atoms with Gasteiger partial charge < -0.3 is 10.6 Å². The monoisotopic (exact) mass is 292 g/mol. The molecule has 1 saturated heterocycles. The second kappa shape index (κ2) is 6.60. The van der Waals surface area contributed by atoms with Gasteiger partial charge in [0, 0.05) is 25.7 Å². The predicted molar refractivity (Wildman–Crippen MR) is 86.6 cm³/mol. The molecule has 0 amide bonds. The van der Waals surface area contributed by atoms with Crippen LogP contribution in [0.3, 0.4) is 0 Å². The maximum absolute atomic E-state index is 12.2. The van der Waals surface area contributed by atoms with Crippen LogP contribution in [0.15, 0.2) is 17.1 Å². The lowest BCUT2D eigenvalue weighted by Gasteiger charge is -2.31. The van der Waals surface area contributed by atoms with Crippen LogP contribution in [0.4, 0.5) is 5.69 Å². The molecule has 118 valence electrons. The Morgan fingerprint density at radius 1 is 1.38 bits per heavy atom. The molecule has 0 aromatic carbocycles. The maximum atomic E-state index is 12.2. The van der Waals surface area contributed by atoms with Crippen LogP contribution in [0, 0.1) is 11.3 Å². The lowest BCUT2D eigenvalue weighted by molar-refractivity contribution is 0.313. The molecule has 2 rings (SSSR count). The summed E-state index contributed by atoms with van der Waals surface area (Å²) in [6, 6.07) is 1.72. The second-order valence-corrected chi connectivity index (χ2v) is 7.06. The van der Waals surface area contributed by atoms with E-state index in [0.29, 0.717) is 13.1 Å². The molecule has 0 saturated carbocycles. The van der Waals surface area contributed by atoms with Crippen molar-refractivity contribution in [2.45, 2.75) is 46.6 Å². The van der Waals surface area contributed by atoms with Gasteiger partial charge in [0.1, 0.15) is 0 Å². The van der Waals surface area contributed by atoms with Gasteiger partial charge in [-0.2, -0.15) is 5.10 Å². The van der Waals surface area contributed by atoms with Crippen LogP contribution < -0.4 is 16.2 Å². The van der Waals surface area contributed by atoms with Crippen LogP contribution in [0.5, 0.6) is 0 Å². The predicted octanol–water partition coefficient (Wildman–Crippen LogP) is 1.85. The first-order chi connectivity index (χ1) is 9.91. The number of aromatic nitrogens is 2. The van der Waals surface area contributed by atoms with Gasteiger partial charge in [-0.25, -0.2) is 4.68 Å². The van der Waals surface area contributed by atoms with Gasteiger partial charge in [-0.1, -0.05) is 20.8 Å². The number of anilines is 1. The molecule has 1 aliphatic heterocycles. The molecule has 0 bridgehead atoms. The second-order valence-electron chi connectivity index (χ2n) is 7.06. The van der Waals surface area contributed by atoms with Gasteiger partial charge in [-0.3, -0.25) is 4.79 Å². The minimum absolute atomic E-state index is 0.0149. The Morgan fingerprint density at radius 2 is 2.05 bits per heavy atom. The standard InChI is InChI=1S/C16H28N4O/c1-13-4-7-19(8-5-13)14-10-15(21)20(18-11-14)9-6-16(2,3)12-17/h10-11,13H,4-9,12,17H2,1-3H3. The SMILES string of the molecule is CC1CCN(c2cnn(CCC(C)(C)CN)c(=O)c2)CC1. The van der Waals surface area contributed by atoms with Crippen molar-refractivity contribution in [3.63, 3.8) is 0 Å². The van der Waals surface area contributed by atoms with E-state index in [9.17, 15) is 4.79 Å². The highest BCUT2D eigenvalue weighted by molar-refractivity contribution is 5.43. The van der Waals surface area contributed by atoms with E-state index in [2.05, 4.69) is 30.8 Å². The zero-order valence-corrected chi connectivity index (χ0v) is 13.5. The average Bonchev–Trinajstić information content (AvgIpc) is 2.47. The van der Waals surface area contributed by atoms with Gasteiger partial charge in [0.15, 0.2) is 0 Å². The Bertz CT molecular complexity index is 515. The third-order valence-corrected chi connectivity index (χ3v) is 4.56. The van der Waals surface area contributed by atoms with Gasteiger partial charge in [-0.05, 0) is 37.1 Å². The van der Waals surface area contributed by atoms with Gasteiger partial charge in [0.2, 0.25) is 0 Å². The Hall–Kier alpha value is -1.36. The van der Waals surface area contributed by atoms with Gasteiger partial charge in [0.05, 0.1) is 11.9 Å². The van der Waals surface area contributed by atoms with Crippen molar-refractivity contribution in [3.05, 3.63) is 22.6 Å². The maximum Gasteiger partial charge on any atom is 0.268 e. The number of aryl methyl sites for hydroxylation is 1. The summed E-state index contributed by atoms with van der Waals surface area (Å²) in [6.45, 7) is 9.79. The van der Waals surface area contributed by atoms with Crippen LogP contribution >= 0.6 is 0 Å². The molecule has 2 heterocycles. The van der Waals surface area contributed by atoms with Crippen molar-refractivity contribution in [1.82, 2.24) is 9.78 Å². The molecule has 1 aromatic heterocycles. The van der Waals surface area contributed by atoms with Crippen molar-refractivity contribution in [2.24, 2.45) is 17.1 Å². The number of rotatable bonds is 5. The molecule has 21 heavy (non-hydrogen) atoms. The topological polar surface area (TPSA) is 64.2 Å². The molecule has 0 spiro atoms. The first-order valence-electron chi connectivity index (χ1n) is 7.93. The van der Waals surface area contributed by atoms with E-state index in [4.69, 9.17) is 5.73 Å². The molecule has 2 N–H and O–H groups in total. The van der Waals surface area contributed by atoms with Crippen LogP contribution in [-0.2, 0) is 6.54 Å². The fraction of sp³-hybridized carbons (Fsp3) is 0.750. The normalized spacial score (nSPS) is 17.2. The number of hydrogen-bond donors (Lipinski definition) is 1. The lowest BCUT2D eigenvalue weighted by Crippen LogP contribution is -2.35. The molecule has 0 atom stereocenters. The zero-order chi connectivity index (χ0) is 15.5. The van der Waals surface area contributed by atoms with Crippen LogP contribution in [-0.4, -0.2) is 29.4 Å². The first kappa shape index (κ1) is 16.0. The highest BCUT2D eigenvalue weighted by Gasteiger charge is 2.18. The molecule has 1 aromatic rings. The molecule has 5 nitrogen and oxygen atoms in total. The Labute approximate surface area is 127 Å². The summed E-state index contributed by atoms with van der Waals surface area (Å²) in [4.78, 5) is 14.5. The molecule has 1 fully saturated rings. The number of nitrogens with zero attached hydrogens (tertiary/aromatic N) is 3. The molecule has 1 aliphatic rings. The van der Waals surface area contributed by atoms with Crippen LogP contribution in [0.25, 0.3) is 0 Å². The van der Waals surface area contributed by atoms with Crippen molar-refractivity contribution in [1.29, 1.82) is 0 Å². The van der Waals surface area contributed by atoms with E-state index in [0.717, 1.165) is 31.1 Å². The van der Waals surface area contributed by atoms with E-state index in [1.54, 1.807) is 10.7 Å². The van der Waals surface area contributed by atoms with Crippen molar-refractivity contribution in [3.8, 4) is 0 Å². The summed E-state index contributed by atoms with van der Waals surface area (Å²) in [5.41, 5.74) is 6.72. The summed E-state index contributed by atoms with van der Waals surface area (Å²) >= 11 is 0. The highest BCUT2D eigenvalue weighted by Crippen LogP contribution is 2.21. The molecular formula is C16H28N4O. The molecule has 0 aliphatic carbocycles. The highest BCUT2D eigenvalue weighted by atomic mass is 16.1. The minimum Gasteiger partial charge on any atom is -0.370 e. The fourth-order valence-electron chi connectivity index (χ4n) is 2.54. The van der Waals surface area contributed by atoms with Crippen molar-refractivity contribution < 1.29 is 0 Å². The van der Waals surface area contributed by atoms with Gasteiger partial charge >= 0.3 is 0 Å². The number of nitrogens with two attached hydrogens (primary N) is 1. The average molecular weight is 292 g/mol. The fourth-order valence-corrected chi connectivity index (χ4v) is 2.54. The van der Waals surface area contributed by atoms with Crippen LogP contribution in [0.1, 0.15) is 40.0 Å². The first-order valence-corrected chi connectivity index (χ1v) is 7.93. The third kappa shape index (κ3) is 4.30. The quantitative estimate of drug-likeness (QED) is 0.899. The Balaban J connectivity index is 2.02. The zero-order valence-electron chi connectivity index (χ0n) is 13.5. The van der Waals surface area contributed by atoms with Gasteiger partial charge in [-0.15, -0.1) is 0 Å². The van der Waals surface area contributed by atoms with E-state index in [-0.39, 0.29) is 11.0 Å². The van der Waals surface area contributed by atoms with Crippen molar-refractivity contribution >= 4 is 5.69 Å². The summed E-state index contributed by atoms with van der Waals surface area (Å²) in [5, 5.41) is 4.33. The Kier molecular flexibility index (Phi) is 5.04. The molecule has 5 heteroatoms. The smallest absolute Gasteiger partial charge is 0.268 e. The van der Waals surface area contributed by atoms with E-state index in [1.165, 1.54) is 12.8 Å². The molecule has 0 unspecified atom stereocenters. The van der Waals surface area contributed by atoms with E-state index >= 15 is 0 Å². The number of hydrogen-bond acceptors (Lipinski definition) is 4. The van der Waals surface area contributed by atoms with Gasteiger partial charge in [0.25, 0.3) is 5.56 Å². The third-order valence-electron chi connectivity index (χ3n) is 4.56. The van der Waals surface area contributed by atoms with E-state index in [1.807, 2.05) is 6.20 Å². The summed E-state index contributed by atoms with van der Waals surface area (Å²) < 4.78 is 1.55. The summed E-state index contributed by atoms with van der Waals surface area (Å²) in [7, 11) is 0. The van der Waals surface area contributed by atoms with Crippen molar-refractivity contribution in [2.75, 3.05) is 24.5 Å². The van der Waals surface area contributed by atoms with E-state index < -0.39 is 0 Å². The number of piperidine rings is 1. The molecular weight excluding hydrogens is 264 g/mol. The lowest BCUT2D eigenvalue weighted by atomic mass is 9.90. The summed E-state index contributed by atoms with van der Waals surface area (Å²) in [6.07, 6.45) is 5.06. The minimum atomic E-state index is -0.0149. The largest absolute Gasteiger partial charge is 0.370 e. The summed E-state index contributed by atoms with van der Waals surface area (Å²) in [5.74, 6) is 0.785. The van der Waals surface area contributed by atoms with Crippen LogP contribution in [0.2, 0.25) is 0 Å². The molecule has 0 radical (unpaired) electrons.